The van der Waals surface area contributed by atoms with Crippen molar-refractivity contribution in [3.05, 3.63) is 45.9 Å². The van der Waals surface area contributed by atoms with Crippen LogP contribution in [0.15, 0.2) is 29.2 Å². The molecule has 2 heteroatoms. The molecule has 1 aromatic carbocycles. The fraction of sp³-hybridized carbons (Fsp3) is 0.308. The van der Waals surface area contributed by atoms with Crippen LogP contribution in [-0.4, -0.2) is 4.98 Å². The van der Waals surface area contributed by atoms with Gasteiger partial charge in [0.2, 0.25) is 0 Å². The smallest absolute Gasteiger partial charge is 0.255 e. The number of fused-ring (bicyclic) bond motifs is 1. The molecule has 0 saturated carbocycles. The lowest BCUT2D eigenvalue weighted by atomic mass is 9.96. The van der Waals surface area contributed by atoms with Gasteiger partial charge >= 0.3 is 0 Å². The van der Waals surface area contributed by atoms with E-state index in [0.717, 1.165) is 10.8 Å². The number of H-pyrrole nitrogens is 1. The predicted octanol–water partition coefficient (Wildman–Crippen LogP) is 2.96. The molecular formula is C13H15NO. The Kier molecular flexibility index (Phi) is 2.35. The largest absolute Gasteiger partial charge is 0.328 e. The zero-order chi connectivity index (χ0) is 11.0. The summed E-state index contributed by atoms with van der Waals surface area (Å²) in [4.78, 5) is 14.4. The third kappa shape index (κ3) is 1.56. The number of aromatic nitrogens is 1. The summed E-state index contributed by atoms with van der Waals surface area (Å²) >= 11 is 0. The number of benzene rings is 1. The van der Waals surface area contributed by atoms with Crippen molar-refractivity contribution in [3.63, 3.8) is 0 Å². The van der Waals surface area contributed by atoms with E-state index in [-0.39, 0.29) is 5.56 Å². The molecule has 0 radical (unpaired) electrons. The Morgan fingerprint density at radius 1 is 1.27 bits per heavy atom. The zero-order valence-electron chi connectivity index (χ0n) is 9.29. The highest BCUT2D eigenvalue weighted by molar-refractivity contribution is 5.88. The Labute approximate surface area is 89.0 Å². The number of aryl methyl sites for hydroxylation is 1. The van der Waals surface area contributed by atoms with Crippen LogP contribution in [0.3, 0.4) is 0 Å². The molecule has 15 heavy (non-hydrogen) atoms. The Morgan fingerprint density at radius 3 is 2.67 bits per heavy atom. The first-order valence-corrected chi connectivity index (χ1v) is 5.22. The van der Waals surface area contributed by atoms with E-state index >= 15 is 0 Å². The van der Waals surface area contributed by atoms with Crippen LogP contribution in [0.4, 0.5) is 0 Å². The van der Waals surface area contributed by atoms with Crippen LogP contribution in [0.2, 0.25) is 0 Å². The third-order valence-corrected chi connectivity index (χ3v) is 2.79. The first kappa shape index (κ1) is 9.97. The molecule has 0 atom stereocenters. The van der Waals surface area contributed by atoms with Crippen molar-refractivity contribution in [3.8, 4) is 0 Å². The van der Waals surface area contributed by atoms with Gasteiger partial charge in [-0.1, -0.05) is 26.0 Å². The van der Waals surface area contributed by atoms with Gasteiger partial charge in [-0.15, -0.1) is 0 Å². The van der Waals surface area contributed by atoms with Crippen molar-refractivity contribution in [2.75, 3.05) is 0 Å². The zero-order valence-corrected chi connectivity index (χ0v) is 9.29. The molecule has 2 aromatic rings. The quantitative estimate of drug-likeness (QED) is 0.756. The lowest BCUT2D eigenvalue weighted by Crippen LogP contribution is -2.08. The van der Waals surface area contributed by atoms with Crippen molar-refractivity contribution in [1.82, 2.24) is 4.98 Å². The maximum Gasteiger partial charge on any atom is 0.255 e. The molecule has 0 saturated heterocycles. The van der Waals surface area contributed by atoms with Crippen LogP contribution >= 0.6 is 0 Å². The Morgan fingerprint density at radius 2 is 2.00 bits per heavy atom. The summed E-state index contributed by atoms with van der Waals surface area (Å²) in [5, 5.41) is 1.90. The van der Waals surface area contributed by atoms with Gasteiger partial charge in [-0.25, -0.2) is 0 Å². The minimum Gasteiger partial charge on any atom is -0.328 e. The van der Waals surface area contributed by atoms with Gasteiger partial charge in [0.15, 0.2) is 0 Å². The van der Waals surface area contributed by atoms with Gasteiger partial charge in [0.1, 0.15) is 0 Å². The highest BCUT2D eigenvalue weighted by Gasteiger charge is 2.09. The standard InChI is InChI=1S/C13H15NO/c1-8(2)11-7-14-13(15)10-6-4-5-9(3)12(10)11/h4-8H,1-3H3,(H,14,15). The van der Waals surface area contributed by atoms with Gasteiger partial charge in [0.05, 0.1) is 0 Å². The molecule has 0 fully saturated rings. The van der Waals surface area contributed by atoms with Gasteiger partial charge in [0, 0.05) is 11.6 Å². The SMILES string of the molecule is Cc1cccc2c(=O)[nH]cc(C(C)C)c12. The molecule has 1 aromatic heterocycles. The lowest BCUT2D eigenvalue weighted by molar-refractivity contribution is 0.866. The van der Waals surface area contributed by atoms with Gasteiger partial charge in [-0.3, -0.25) is 4.79 Å². The van der Waals surface area contributed by atoms with E-state index in [9.17, 15) is 4.79 Å². The van der Waals surface area contributed by atoms with Gasteiger partial charge in [-0.2, -0.15) is 0 Å². The summed E-state index contributed by atoms with van der Waals surface area (Å²) in [6, 6.07) is 5.86. The van der Waals surface area contributed by atoms with Gasteiger partial charge in [0.25, 0.3) is 5.56 Å². The highest BCUT2D eigenvalue weighted by Crippen LogP contribution is 2.24. The Hall–Kier alpha value is -1.57. The molecule has 0 spiro atoms. The molecule has 0 aliphatic carbocycles. The molecule has 0 unspecified atom stereocenters. The molecule has 1 N–H and O–H groups in total. The average molecular weight is 201 g/mol. The minimum absolute atomic E-state index is 0.00176. The third-order valence-electron chi connectivity index (χ3n) is 2.79. The topological polar surface area (TPSA) is 32.9 Å². The summed E-state index contributed by atoms with van der Waals surface area (Å²) in [7, 11) is 0. The first-order chi connectivity index (χ1) is 7.11. The number of pyridine rings is 1. The second-order valence-electron chi connectivity index (χ2n) is 4.23. The molecule has 0 amide bonds. The van der Waals surface area contributed by atoms with E-state index in [4.69, 9.17) is 0 Å². The second-order valence-corrected chi connectivity index (χ2v) is 4.23. The second kappa shape index (κ2) is 3.54. The van der Waals surface area contributed by atoms with Crippen LogP contribution in [0.5, 0.6) is 0 Å². The summed E-state index contributed by atoms with van der Waals surface area (Å²) in [5.74, 6) is 0.422. The number of aromatic amines is 1. The van der Waals surface area contributed by atoms with Crippen molar-refractivity contribution < 1.29 is 0 Å². The van der Waals surface area contributed by atoms with Crippen LogP contribution in [0.1, 0.15) is 30.9 Å². The van der Waals surface area contributed by atoms with Crippen LogP contribution in [0.25, 0.3) is 10.8 Å². The van der Waals surface area contributed by atoms with Crippen LogP contribution < -0.4 is 5.56 Å². The number of hydrogen-bond donors (Lipinski definition) is 1. The molecular weight excluding hydrogens is 186 g/mol. The minimum atomic E-state index is -0.00176. The fourth-order valence-corrected chi connectivity index (χ4v) is 1.99. The summed E-state index contributed by atoms with van der Waals surface area (Å²) in [6.45, 7) is 6.33. The van der Waals surface area contributed by atoms with E-state index in [1.165, 1.54) is 11.1 Å². The number of hydrogen-bond acceptors (Lipinski definition) is 1. The molecule has 0 aliphatic rings. The number of nitrogens with one attached hydrogen (secondary N) is 1. The van der Waals surface area contributed by atoms with E-state index < -0.39 is 0 Å². The van der Waals surface area contributed by atoms with Crippen molar-refractivity contribution in [2.24, 2.45) is 0 Å². The normalized spacial score (nSPS) is 11.2. The van der Waals surface area contributed by atoms with Gasteiger partial charge < -0.3 is 4.98 Å². The van der Waals surface area contributed by atoms with Gasteiger partial charge in [-0.05, 0) is 35.4 Å². The molecule has 78 valence electrons. The van der Waals surface area contributed by atoms with E-state index in [0.29, 0.717) is 5.92 Å². The Balaban J connectivity index is 2.97. The van der Waals surface area contributed by atoms with Crippen molar-refractivity contribution in [2.45, 2.75) is 26.7 Å². The summed E-state index contributed by atoms with van der Waals surface area (Å²) in [5.41, 5.74) is 2.38. The monoisotopic (exact) mass is 201 g/mol. The highest BCUT2D eigenvalue weighted by atomic mass is 16.1. The van der Waals surface area contributed by atoms with Crippen LogP contribution in [-0.2, 0) is 0 Å². The maximum atomic E-state index is 11.7. The molecule has 0 bridgehead atoms. The van der Waals surface area contributed by atoms with Crippen molar-refractivity contribution >= 4 is 10.8 Å². The first-order valence-electron chi connectivity index (χ1n) is 5.22. The lowest BCUT2D eigenvalue weighted by Gasteiger charge is -2.11. The van der Waals surface area contributed by atoms with E-state index in [2.05, 4.69) is 18.8 Å². The molecule has 1 heterocycles. The predicted molar refractivity (Wildman–Crippen MR) is 63.4 cm³/mol. The van der Waals surface area contributed by atoms with Crippen molar-refractivity contribution in [1.29, 1.82) is 0 Å². The molecule has 0 aliphatic heterocycles. The summed E-state index contributed by atoms with van der Waals surface area (Å²) < 4.78 is 0. The molecule has 2 rings (SSSR count). The average Bonchev–Trinajstić information content (AvgIpc) is 2.19. The summed E-state index contributed by atoms with van der Waals surface area (Å²) in [6.07, 6.45) is 1.84. The van der Waals surface area contributed by atoms with E-state index in [1.54, 1.807) is 0 Å². The maximum absolute atomic E-state index is 11.7. The van der Waals surface area contributed by atoms with E-state index in [1.807, 2.05) is 31.3 Å². The Bertz CT molecular complexity index is 552. The molecule has 2 nitrogen and oxygen atoms in total. The van der Waals surface area contributed by atoms with Crippen LogP contribution in [0, 0.1) is 6.92 Å². The number of rotatable bonds is 1. The fourth-order valence-electron chi connectivity index (χ4n) is 1.99.